The van der Waals surface area contributed by atoms with Crippen LogP contribution in [0.5, 0.6) is 0 Å². The summed E-state index contributed by atoms with van der Waals surface area (Å²) in [6.07, 6.45) is 4.04. The number of carbonyl (C=O) groups is 2. The Morgan fingerprint density at radius 1 is 0.870 bits per heavy atom. The number of aromatic nitrogens is 1. The van der Waals surface area contributed by atoms with Gasteiger partial charge in [-0.25, -0.2) is 0 Å². The van der Waals surface area contributed by atoms with Gasteiger partial charge in [-0.3, -0.25) is 9.59 Å². The van der Waals surface area contributed by atoms with E-state index in [1.807, 2.05) is 53.9 Å². The molecule has 5 nitrogen and oxygen atoms in total. The molecule has 0 aliphatic heterocycles. The van der Waals surface area contributed by atoms with Gasteiger partial charge in [0.15, 0.2) is 0 Å². The summed E-state index contributed by atoms with van der Waals surface area (Å²) in [4.78, 5) is 27.5. The normalized spacial score (nSPS) is 21.5. The Morgan fingerprint density at radius 2 is 1.22 bits per heavy atom. The molecule has 0 saturated heterocycles. The lowest BCUT2D eigenvalue weighted by Gasteiger charge is -2.34. The van der Waals surface area contributed by atoms with Gasteiger partial charge in [-0.1, -0.05) is 0 Å². The fraction of sp³-hybridized carbons (Fsp3) is 0.667. The highest BCUT2D eigenvalue weighted by molar-refractivity contribution is 5.76. The molecule has 1 N–H and O–H groups in total. The van der Waals surface area contributed by atoms with E-state index in [1.54, 1.807) is 0 Å². The minimum absolute atomic E-state index is 0.279. The number of rotatable bonds is 2. The van der Waals surface area contributed by atoms with E-state index < -0.39 is 23.0 Å². The first-order valence-corrected chi connectivity index (χ1v) is 8.05. The molecule has 2 unspecified atom stereocenters. The number of ether oxygens (including phenoxy) is 2. The van der Waals surface area contributed by atoms with Crippen molar-refractivity contribution in [1.82, 2.24) is 4.98 Å². The monoisotopic (exact) mass is 321 g/mol. The molecule has 5 heteroatoms. The molecule has 23 heavy (non-hydrogen) atoms. The van der Waals surface area contributed by atoms with Crippen molar-refractivity contribution in [3.05, 3.63) is 23.5 Å². The van der Waals surface area contributed by atoms with Gasteiger partial charge in [0, 0.05) is 25.2 Å². The lowest BCUT2D eigenvalue weighted by atomic mass is 9.89. The standard InChI is InChI=1S/C18H27NO4/c1-17(2,3)15(20)22-13-7-11-9-19-10-12(11)8-14(13)23-16(21)18(4,5)6/h9-10,13-14,19H,7-8H2,1-6H3. The topological polar surface area (TPSA) is 68.4 Å². The molecule has 2 rings (SSSR count). The van der Waals surface area contributed by atoms with E-state index in [1.165, 1.54) is 0 Å². The highest BCUT2D eigenvalue weighted by atomic mass is 16.6. The quantitative estimate of drug-likeness (QED) is 0.850. The molecule has 0 spiro atoms. The Kier molecular flexibility index (Phi) is 4.60. The first-order chi connectivity index (χ1) is 10.5. The van der Waals surface area contributed by atoms with E-state index in [0.717, 1.165) is 11.1 Å². The highest BCUT2D eigenvalue weighted by Crippen LogP contribution is 2.29. The Hall–Kier alpha value is -1.78. The molecule has 0 aromatic carbocycles. The van der Waals surface area contributed by atoms with Crippen LogP contribution in [-0.2, 0) is 31.9 Å². The zero-order valence-electron chi connectivity index (χ0n) is 14.9. The fourth-order valence-corrected chi connectivity index (χ4v) is 2.37. The van der Waals surface area contributed by atoms with Crippen LogP contribution in [0.15, 0.2) is 12.4 Å². The molecule has 1 aliphatic carbocycles. The van der Waals surface area contributed by atoms with Crippen LogP contribution in [0.4, 0.5) is 0 Å². The van der Waals surface area contributed by atoms with E-state index in [9.17, 15) is 9.59 Å². The van der Waals surface area contributed by atoms with Gasteiger partial charge in [-0.15, -0.1) is 0 Å². The maximum Gasteiger partial charge on any atom is 0.311 e. The zero-order chi connectivity index (χ0) is 17.4. The minimum Gasteiger partial charge on any atom is -0.458 e. The van der Waals surface area contributed by atoms with Crippen LogP contribution in [0.2, 0.25) is 0 Å². The number of esters is 2. The molecule has 1 aromatic rings. The van der Waals surface area contributed by atoms with E-state index in [4.69, 9.17) is 9.47 Å². The smallest absolute Gasteiger partial charge is 0.311 e. The lowest BCUT2D eigenvalue weighted by molar-refractivity contribution is -0.178. The van der Waals surface area contributed by atoms with E-state index in [0.29, 0.717) is 12.8 Å². The first kappa shape index (κ1) is 17.6. The molecule has 1 aromatic heterocycles. The van der Waals surface area contributed by atoms with Gasteiger partial charge in [-0.2, -0.15) is 0 Å². The van der Waals surface area contributed by atoms with Gasteiger partial charge in [0.2, 0.25) is 0 Å². The van der Waals surface area contributed by atoms with Crippen LogP contribution < -0.4 is 0 Å². The van der Waals surface area contributed by atoms with E-state index in [-0.39, 0.29) is 11.9 Å². The number of fused-ring (bicyclic) bond motifs is 1. The van der Waals surface area contributed by atoms with Crippen LogP contribution in [0.3, 0.4) is 0 Å². The Bertz CT molecular complexity index is 538. The van der Waals surface area contributed by atoms with Crippen molar-refractivity contribution in [3.63, 3.8) is 0 Å². The number of carbonyl (C=O) groups excluding carboxylic acids is 2. The number of aromatic amines is 1. The number of H-pyrrole nitrogens is 1. The van der Waals surface area contributed by atoms with Gasteiger partial charge in [0.25, 0.3) is 0 Å². The Labute approximate surface area is 137 Å². The summed E-state index contributed by atoms with van der Waals surface area (Å²) in [7, 11) is 0. The molecule has 1 heterocycles. The molecule has 0 amide bonds. The summed E-state index contributed by atoms with van der Waals surface area (Å²) in [6, 6.07) is 0. The van der Waals surface area contributed by atoms with Gasteiger partial charge in [0.05, 0.1) is 10.8 Å². The van der Waals surface area contributed by atoms with E-state index >= 15 is 0 Å². The SMILES string of the molecule is CC(C)(C)C(=O)OC1Cc2c[nH]cc2CC1OC(=O)C(C)(C)C. The van der Waals surface area contributed by atoms with Crippen LogP contribution in [0.1, 0.15) is 52.7 Å². The first-order valence-electron chi connectivity index (χ1n) is 8.05. The van der Waals surface area contributed by atoms with Gasteiger partial charge >= 0.3 is 11.9 Å². The van der Waals surface area contributed by atoms with Gasteiger partial charge in [-0.05, 0) is 52.7 Å². The molecule has 0 radical (unpaired) electrons. The fourth-order valence-electron chi connectivity index (χ4n) is 2.37. The maximum atomic E-state index is 12.2. The third-order valence-electron chi connectivity index (χ3n) is 3.93. The molecule has 1 aliphatic rings. The average Bonchev–Trinajstić information content (AvgIpc) is 2.83. The molecule has 2 atom stereocenters. The predicted molar refractivity (Wildman–Crippen MR) is 86.9 cm³/mol. The van der Waals surface area contributed by atoms with Crippen molar-refractivity contribution < 1.29 is 19.1 Å². The van der Waals surface area contributed by atoms with Gasteiger partial charge in [0.1, 0.15) is 12.2 Å². The van der Waals surface area contributed by atoms with Crippen molar-refractivity contribution in [2.24, 2.45) is 10.8 Å². The summed E-state index contributed by atoms with van der Waals surface area (Å²) in [6.45, 7) is 10.9. The highest BCUT2D eigenvalue weighted by Gasteiger charge is 2.38. The van der Waals surface area contributed by atoms with Crippen LogP contribution in [-0.4, -0.2) is 29.1 Å². The summed E-state index contributed by atoms with van der Waals surface area (Å²) in [5.74, 6) is -0.559. The number of hydrogen-bond donors (Lipinski definition) is 1. The van der Waals surface area contributed by atoms with Crippen molar-refractivity contribution in [2.45, 2.75) is 66.6 Å². The molecular formula is C18H27NO4. The summed E-state index contributed by atoms with van der Waals surface area (Å²) >= 11 is 0. The van der Waals surface area contributed by atoms with Crippen LogP contribution >= 0.6 is 0 Å². The third kappa shape index (κ3) is 4.15. The van der Waals surface area contributed by atoms with Crippen molar-refractivity contribution in [3.8, 4) is 0 Å². The second-order valence-corrected chi connectivity index (χ2v) is 8.30. The summed E-state index contributed by atoms with van der Waals surface area (Å²) in [5, 5.41) is 0. The van der Waals surface area contributed by atoms with Crippen molar-refractivity contribution >= 4 is 11.9 Å². The summed E-state index contributed by atoms with van der Waals surface area (Å²) in [5.41, 5.74) is 1.05. The second kappa shape index (κ2) is 6.02. The van der Waals surface area contributed by atoms with E-state index in [2.05, 4.69) is 4.98 Å². The van der Waals surface area contributed by atoms with Crippen molar-refractivity contribution in [2.75, 3.05) is 0 Å². The Balaban J connectivity index is 2.18. The lowest BCUT2D eigenvalue weighted by Crippen LogP contribution is -2.44. The largest absolute Gasteiger partial charge is 0.458 e. The molecule has 0 saturated carbocycles. The minimum atomic E-state index is -0.586. The summed E-state index contributed by atoms with van der Waals surface area (Å²) < 4.78 is 11.4. The van der Waals surface area contributed by atoms with Gasteiger partial charge < -0.3 is 14.5 Å². The molecular weight excluding hydrogens is 294 g/mol. The number of hydrogen-bond acceptors (Lipinski definition) is 4. The third-order valence-corrected chi connectivity index (χ3v) is 3.93. The molecule has 0 fully saturated rings. The average molecular weight is 321 g/mol. The predicted octanol–water partition coefficient (Wildman–Crippen LogP) is 3.03. The molecule has 0 bridgehead atoms. The van der Waals surface area contributed by atoms with Crippen molar-refractivity contribution in [1.29, 1.82) is 0 Å². The van der Waals surface area contributed by atoms with Crippen LogP contribution in [0.25, 0.3) is 0 Å². The second-order valence-electron chi connectivity index (χ2n) is 8.30. The molecule has 128 valence electrons. The van der Waals surface area contributed by atoms with Crippen LogP contribution in [0, 0.1) is 10.8 Å². The Morgan fingerprint density at radius 3 is 1.52 bits per heavy atom. The number of nitrogens with one attached hydrogen (secondary N) is 1. The zero-order valence-corrected chi connectivity index (χ0v) is 14.9. The maximum absolute atomic E-state index is 12.2.